The summed E-state index contributed by atoms with van der Waals surface area (Å²) >= 11 is 0. The van der Waals surface area contributed by atoms with E-state index in [4.69, 9.17) is 4.74 Å². The third-order valence-corrected chi connectivity index (χ3v) is 2.68. The quantitative estimate of drug-likeness (QED) is 0.792. The van der Waals surface area contributed by atoms with E-state index in [2.05, 4.69) is 15.5 Å². The SMILES string of the molecule is CCC(Nc1ccc2cn[nH]c2c1)C(=O)OC. The minimum absolute atomic E-state index is 0.253. The smallest absolute Gasteiger partial charge is 0.328 e. The largest absolute Gasteiger partial charge is 0.467 e. The van der Waals surface area contributed by atoms with Gasteiger partial charge in [-0.25, -0.2) is 4.79 Å². The molecule has 0 aliphatic rings. The number of carbonyl (C=O) groups excluding carboxylic acids is 1. The number of methoxy groups -OCH3 is 1. The minimum atomic E-state index is -0.319. The lowest BCUT2D eigenvalue weighted by atomic mass is 10.2. The van der Waals surface area contributed by atoms with Gasteiger partial charge in [-0.1, -0.05) is 6.92 Å². The fraction of sp³-hybridized carbons (Fsp3) is 0.333. The second-order valence-corrected chi connectivity index (χ2v) is 3.80. The standard InChI is InChI=1S/C12H15N3O2/c1-3-10(12(16)17-2)14-9-5-4-8-7-13-15-11(8)6-9/h4-7,10,14H,3H2,1-2H3,(H,13,15). The monoisotopic (exact) mass is 233 g/mol. The number of aromatic amines is 1. The Balaban J connectivity index is 2.18. The lowest BCUT2D eigenvalue weighted by Crippen LogP contribution is -2.29. The van der Waals surface area contributed by atoms with Gasteiger partial charge in [0.15, 0.2) is 0 Å². The summed E-state index contributed by atoms with van der Waals surface area (Å²) in [5.41, 5.74) is 1.81. The number of anilines is 1. The van der Waals surface area contributed by atoms with Crippen LogP contribution in [-0.2, 0) is 9.53 Å². The van der Waals surface area contributed by atoms with E-state index in [9.17, 15) is 4.79 Å². The number of nitrogens with zero attached hydrogens (tertiary/aromatic N) is 1. The maximum Gasteiger partial charge on any atom is 0.328 e. The van der Waals surface area contributed by atoms with Crippen molar-refractivity contribution in [2.45, 2.75) is 19.4 Å². The molecule has 1 heterocycles. The fourth-order valence-electron chi connectivity index (χ4n) is 1.70. The van der Waals surface area contributed by atoms with Crippen LogP contribution in [0.4, 0.5) is 5.69 Å². The zero-order chi connectivity index (χ0) is 12.3. The molecule has 0 radical (unpaired) electrons. The summed E-state index contributed by atoms with van der Waals surface area (Å²) in [6.45, 7) is 1.93. The van der Waals surface area contributed by atoms with Gasteiger partial charge in [-0.05, 0) is 24.6 Å². The van der Waals surface area contributed by atoms with Crippen molar-refractivity contribution < 1.29 is 9.53 Å². The van der Waals surface area contributed by atoms with E-state index in [0.29, 0.717) is 6.42 Å². The Morgan fingerprint density at radius 1 is 1.59 bits per heavy atom. The number of nitrogens with one attached hydrogen (secondary N) is 2. The lowest BCUT2D eigenvalue weighted by molar-refractivity contribution is -0.141. The van der Waals surface area contributed by atoms with Crippen LogP contribution in [0.25, 0.3) is 10.9 Å². The second kappa shape index (κ2) is 4.86. The Labute approximate surface area is 99.2 Å². The highest BCUT2D eigenvalue weighted by molar-refractivity contribution is 5.84. The number of ether oxygens (including phenoxy) is 1. The van der Waals surface area contributed by atoms with Crippen LogP contribution in [0.5, 0.6) is 0 Å². The molecule has 0 spiro atoms. The predicted octanol–water partition coefficient (Wildman–Crippen LogP) is 1.93. The van der Waals surface area contributed by atoms with Crippen molar-refractivity contribution in [1.82, 2.24) is 10.2 Å². The zero-order valence-corrected chi connectivity index (χ0v) is 9.86. The van der Waals surface area contributed by atoms with E-state index in [-0.39, 0.29) is 12.0 Å². The molecule has 1 aromatic heterocycles. The van der Waals surface area contributed by atoms with Crippen molar-refractivity contribution in [3.05, 3.63) is 24.4 Å². The molecular weight excluding hydrogens is 218 g/mol. The number of esters is 1. The van der Waals surface area contributed by atoms with Gasteiger partial charge in [0, 0.05) is 11.1 Å². The highest BCUT2D eigenvalue weighted by Crippen LogP contribution is 2.18. The van der Waals surface area contributed by atoms with Crippen molar-refractivity contribution in [3.63, 3.8) is 0 Å². The number of H-pyrrole nitrogens is 1. The number of hydrogen-bond donors (Lipinski definition) is 2. The highest BCUT2D eigenvalue weighted by atomic mass is 16.5. The number of fused-ring (bicyclic) bond motifs is 1. The number of hydrogen-bond acceptors (Lipinski definition) is 4. The molecule has 0 saturated carbocycles. The summed E-state index contributed by atoms with van der Waals surface area (Å²) in [4.78, 5) is 11.5. The van der Waals surface area contributed by atoms with Gasteiger partial charge in [-0.2, -0.15) is 5.10 Å². The molecule has 2 N–H and O–H groups in total. The molecule has 5 nitrogen and oxygen atoms in total. The first-order valence-corrected chi connectivity index (χ1v) is 5.52. The number of carbonyl (C=O) groups is 1. The van der Waals surface area contributed by atoms with Crippen molar-refractivity contribution in [2.24, 2.45) is 0 Å². The molecule has 0 amide bonds. The maximum atomic E-state index is 11.5. The van der Waals surface area contributed by atoms with Gasteiger partial charge in [-0.3, -0.25) is 5.10 Å². The molecule has 0 aliphatic heterocycles. The van der Waals surface area contributed by atoms with E-state index in [1.165, 1.54) is 7.11 Å². The molecule has 0 fully saturated rings. The third-order valence-electron chi connectivity index (χ3n) is 2.68. The first-order chi connectivity index (χ1) is 8.24. The van der Waals surface area contributed by atoms with Crippen molar-refractivity contribution in [3.8, 4) is 0 Å². The summed E-state index contributed by atoms with van der Waals surface area (Å²) in [5, 5.41) is 11.0. The highest BCUT2D eigenvalue weighted by Gasteiger charge is 2.16. The molecule has 1 aromatic carbocycles. The number of aromatic nitrogens is 2. The van der Waals surface area contributed by atoms with E-state index >= 15 is 0 Å². The summed E-state index contributed by atoms with van der Waals surface area (Å²) in [7, 11) is 1.39. The van der Waals surface area contributed by atoms with Gasteiger partial charge in [0.2, 0.25) is 0 Å². The van der Waals surface area contributed by atoms with Crippen molar-refractivity contribution in [2.75, 3.05) is 12.4 Å². The maximum absolute atomic E-state index is 11.5. The first kappa shape index (κ1) is 11.4. The molecule has 17 heavy (non-hydrogen) atoms. The molecule has 0 bridgehead atoms. The molecule has 1 atom stereocenters. The summed E-state index contributed by atoms with van der Waals surface area (Å²) in [5.74, 6) is -0.253. The molecular formula is C12H15N3O2. The van der Waals surface area contributed by atoms with Crippen LogP contribution in [0.1, 0.15) is 13.3 Å². The lowest BCUT2D eigenvalue weighted by Gasteiger charge is -2.15. The summed E-state index contributed by atoms with van der Waals surface area (Å²) in [6, 6.07) is 5.48. The van der Waals surface area contributed by atoms with Crippen LogP contribution in [0, 0.1) is 0 Å². The normalized spacial score (nSPS) is 12.4. The van der Waals surface area contributed by atoms with Gasteiger partial charge in [-0.15, -0.1) is 0 Å². The van der Waals surface area contributed by atoms with E-state index in [1.807, 2.05) is 25.1 Å². The summed E-state index contributed by atoms with van der Waals surface area (Å²) < 4.78 is 4.73. The third kappa shape index (κ3) is 2.38. The van der Waals surface area contributed by atoms with E-state index in [1.54, 1.807) is 6.20 Å². The molecule has 1 unspecified atom stereocenters. The Hall–Kier alpha value is -2.04. The van der Waals surface area contributed by atoms with Crippen LogP contribution in [0.3, 0.4) is 0 Å². The van der Waals surface area contributed by atoms with Gasteiger partial charge >= 0.3 is 5.97 Å². The fourth-order valence-corrected chi connectivity index (χ4v) is 1.70. The number of rotatable bonds is 4. The van der Waals surface area contributed by atoms with Crippen LogP contribution in [0.15, 0.2) is 24.4 Å². The van der Waals surface area contributed by atoms with Gasteiger partial charge in [0.1, 0.15) is 6.04 Å². The zero-order valence-electron chi connectivity index (χ0n) is 9.86. The van der Waals surface area contributed by atoms with Gasteiger partial charge < -0.3 is 10.1 Å². The molecule has 0 aliphatic carbocycles. The van der Waals surface area contributed by atoms with E-state index in [0.717, 1.165) is 16.6 Å². The van der Waals surface area contributed by atoms with Crippen LogP contribution in [0.2, 0.25) is 0 Å². The predicted molar refractivity (Wildman–Crippen MR) is 65.8 cm³/mol. The molecule has 90 valence electrons. The topological polar surface area (TPSA) is 67.0 Å². The molecule has 2 aromatic rings. The first-order valence-electron chi connectivity index (χ1n) is 5.52. The minimum Gasteiger partial charge on any atom is -0.467 e. The molecule has 2 rings (SSSR count). The van der Waals surface area contributed by atoms with Crippen molar-refractivity contribution in [1.29, 1.82) is 0 Å². The van der Waals surface area contributed by atoms with Crippen LogP contribution < -0.4 is 5.32 Å². The van der Waals surface area contributed by atoms with E-state index < -0.39 is 0 Å². The Kier molecular flexibility index (Phi) is 3.27. The molecule has 0 saturated heterocycles. The molecule has 5 heteroatoms. The average molecular weight is 233 g/mol. The average Bonchev–Trinajstić information content (AvgIpc) is 2.82. The number of benzene rings is 1. The Morgan fingerprint density at radius 3 is 3.12 bits per heavy atom. The summed E-state index contributed by atoms with van der Waals surface area (Å²) in [6.07, 6.45) is 2.43. The van der Waals surface area contributed by atoms with Crippen molar-refractivity contribution >= 4 is 22.6 Å². The van der Waals surface area contributed by atoms with Crippen LogP contribution >= 0.6 is 0 Å². The van der Waals surface area contributed by atoms with Gasteiger partial charge in [0.25, 0.3) is 0 Å². The van der Waals surface area contributed by atoms with Gasteiger partial charge in [0.05, 0.1) is 18.8 Å². The van der Waals surface area contributed by atoms with Crippen LogP contribution in [-0.4, -0.2) is 29.3 Å². The Bertz CT molecular complexity index is 521. The second-order valence-electron chi connectivity index (χ2n) is 3.80. The Morgan fingerprint density at radius 2 is 2.41 bits per heavy atom.